The maximum absolute atomic E-state index is 13.7. The highest BCUT2D eigenvalue weighted by atomic mass is 79.9. The highest BCUT2D eigenvalue weighted by Gasteiger charge is 2.44. The van der Waals surface area contributed by atoms with E-state index < -0.39 is 168 Å². The lowest BCUT2D eigenvalue weighted by Crippen LogP contribution is -2.37. The molecule has 612 valence electrons. The van der Waals surface area contributed by atoms with E-state index in [1.165, 1.54) is 72.5 Å². The van der Waals surface area contributed by atoms with E-state index in [4.69, 9.17) is 55.6 Å². The molecule has 9 N–H and O–H groups in total. The third kappa shape index (κ3) is 27.8. The standard InChI is InChI=1S/C25H33BrN3O9P.C23H29BrN3O9P.C22H27BrN3O9P/c1-16(23(32)35-15-25(2,3)4)28-39(34,38-18-8-6-5-7-9-18)36-14-20-19(30)12-21(37-20)29-13-17(10-11-26)22(31)27-24(29)33;1-14(2)34-22(30)15(3)26-37(32,36-17-7-5-4-6-8-17)33-13-19-18(28)11-20(35-19)27-12-16(9-10-24)21(29)25-23(27)31;1-3-32-21(29)14(2)25-36(31,35-16-7-5-4-6-8-16)33-13-18-17(27)11-19(34-18)26-12-15(9-10-23)20(28)24-22(26)30/h5-11,13,16,19-21,30H,12,14-15H2,1-4H3,(H,28,34)(H,27,31,33);4-10,12,14-15,18-20,28H,11,13H2,1-3H3,(H,26,32)(H,25,29,31);4-10,12,14,17-19,27H,3,11,13H2,1-2H3,(H,25,31)(H,24,28,30)/b11-10+;2*10-9+/t16-,19?,20?,21?,39?;15-,18?,19?,20?,37?;14-,17?,18?,19?,36?/m000/s1. The molecule has 0 aliphatic carbocycles. The largest absolute Gasteiger partial charge is 0.465 e. The number of ether oxygens (including phenoxy) is 6. The maximum atomic E-state index is 13.7. The summed E-state index contributed by atoms with van der Waals surface area (Å²) in [4.78, 5) is 121. The van der Waals surface area contributed by atoms with Gasteiger partial charge in [0.25, 0.3) is 16.7 Å². The molecule has 0 radical (unpaired) electrons. The van der Waals surface area contributed by atoms with Gasteiger partial charge in [0.05, 0.1) is 74.1 Å². The second-order valence-corrected chi connectivity index (χ2v) is 33.1. The summed E-state index contributed by atoms with van der Waals surface area (Å²) in [6, 6.07) is 21.5. The molecule has 3 aliphatic heterocycles. The van der Waals surface area contributed by atoms with Crippen molar-refractivity contribution in [3.63, 3.8) is 0 Å². The Kier molecular flexibility index (Phi) is 34.9. The molecule has 15 atom stereocenters. The van der Waals surface area contributed by atoms with Gasteiger partial charge in [-0.15, -0.1) is 0 Å². The molecular weight excluding hydrogens is 1730 g/mol. The number of rotatable bonds is 33. The fraction of sp³-hybridized carbons (Fsp3) is 0.443. The van der Waals surface area contributed by atoms with Gasteiger partial charge in [-0.2, -0.15) is 15.3 Å². The average Bonchev–Trinajstić information content (AvgIpc) is 1.65. The number of H-pyrrole nitrogens is 3. The predicted octanol–water partition coefficient (Wildman–Crippen LogP) is 8.30. The van der Waals surface area contributed by atoms with Crippen LogP contribution in [-0.4, -0.2) is 156 Å². The van der Waals surface area contributed by atoms with Gasteiger partial charge in [-0.3, -0.25) is 71.0 Å². The summed E-state index contributed by atoms with van der Waals surface area (Å²) in [5.41, 5.74) is -3.55. The number of hydrogen-bond donors (Lipinski definition) is 9. The summed E-state index contributed by atoms with van der Waals surface area (Å²) < 4.78 is 111. The van der Waals surface area contributed by atoms with Crippen LogP contribution in [0.1, 0.15) is 117 Å². The van der Waals surface area contributed by atoms with E-state index in [1.54, 1.807) is 112 Å². The van der Waals surface area contributed by atoms with Gasteiger partial charge in [0.2, 0.25) is 0 Å². The molecule has 3 fully saturated rings. The monoisotopic (exact) mass is 1820 g/mol. The van der Waals surface area contributed by atoms with Crippen LogP contribution in [0.4, 0.5) is 0 Å². The Morgan fingerprint density at radius 1 is 0.500 bits per heavy atom. The first-order valence-corrected chi connectivity index (χ1v) is 42.1. The number of para-hydroxylation sites is 3. The van der Waals surface area contributed by atoms with Gasteiger partial charge in [0, 0.05) is 37.9 Å². The summed E-state index contributed by atoms with van der Waals surface area (Å²) in [7, 11) is -12.5. The van der Waals surface area contributed by atoms with Gasteiger partial charge < -0.3 is 57.3 Å². The third-order valence-electron chi connectivity index (χ3n) is 15.8. The fourth-order valence-electron chi connectivity index (χ4n) is 10.3. The van der Waals surface area contributed by atoms with E-state index in [2.05, 4.69) is 78.0 Å². The quantitative estimate of drug-likeness (QED) is 0.0106. The number of halogens is 3. The molecule has 112 heavy (non-hydrogen) atoms. The molecular formula is C70H89Br3N9O27P3. The van der Waals surface area contributed by atoms with Crippen molar-refractivity contribution >= 4 is 107 Å². The van der Waals surface area contributed by atoms with Gasteiger partial charge in [0.1, 0.15) is 72.4 Å². The zero-order valence-corrected chi connectivity index (χ0v) is 69.4. The van der Waals surface area contributed by atoms with E-state index in [9.17, 15) is 72.2 Å². The van der Waals surface area contributed by atoms with E-state index >= 15 is 0 Å². The van der Waals surface area contributed by atoms with Crippen LogP contribution in [0.5, 0.6) is 17.2 Å². The van der Waals surface area contributed by atoms with Crippen molar-refractivity contribution in [2.75, 3.05) is 33.0 Å². The molecule has 12 unspecified atom stereocenters. The number of hydrogen-bond acceptors (Lipinski definition) is 27. The number of esters is 3. The Labute approximate surface area is 666 Å². The molecule has 6 aromatic rings. The second-order valence-electron chi connectivity index (χ2n) is 26.5. The molecule has 42 heteroatoms. The Morgan fingerprint density at radius 3 is 1.05 bits per heavy atom. The predicted molar refractivity (Wildman–Crippen MR) is 419 cm³/mol. The first kappa shape index (κ1) is 91.6. The van der Waals surface area contributed by atoms with Gasteiger partial charge in [0.15, 0.2) is 0 Å². The molecule has 0 bridgehead atoms. The number of aromatic nitrogens is 6. The second kappa shape index (κ2) is 42.7. The maximum Gasteiger partial charge on any atom is 0.459 e. The van der Waals surface area contributed by atoms with Crippen LogP contribution in [0, 0.1) is 5.41 Å². The number of carbonyl (C=O) groups is 3. The lowest BCUT2D eigenvalue weighted by atomic mass is 9.99. The summed E-state index contributed by atoms with van der Waals surface area (Å²) in [6.07, 6.45) is -1.07. The molecule has 3 aromatic heterocycles. The van der Waals surface area contributed by atoms with Crippen molar-refractivity contribution in [1.29, 1.82) is 0 Å². The molecule has 9 rings (SSSR count). The minimum Gasteiger partial charge on any atom is -0.465 e. The average molecular weight is 1820 g/mol. The number of aromatic amines is 3. The van der Waals surface area contributed by atoms with Crippen LogP contribution in [0.15, 0.2) is 153 Å². The van der Waals surface area contributed by atoms with Gasteiger partial charge >= 0.3 is 58.2 Å². The van der Waals surface area contributed by atoms with E-state index in [0.29, 0.717) is 0 Å². The molecule has 36 nitrogen and oxygen atoms in total. The Hall–Kier alpha value is -7.62. The highest BCUT2D eigenvalue weighted by Crippen LogP contribution is 2.49. The summed E-state index contributed by atoms with van der Waals surface area (Å²) >= 11 is 9.26. The first-order chi connectivity index (χ1) is 53.0. The molecule has 3 aliphatic rings. The Morgan fingerprint density at radius 2 is 0.786 bits per heavy atom. The zero-order chi connectivity index (χ0) is 82.3. The van der Waals surface area contributed by atoms with Gasteiger partial charge in [-0.25, -0.2) is 28.1 Å². The van der Waals surface area contributed by atoms with Gasteiger partial charge in [-0.05, 0) is 117 Å². The summed E-state index contributed by atoms with van der Waals surface area (Å²) in [5.74, 6) is -1.28. The Bertz CT molecular complexity index is 4750. The van der Waals surface area contributed by atoms with Crippen LogP contribution in [-0.2, 0) is 70.1 Å². The van der Waals surface area contributed by atoms with Crippen LogP contribution in [0.2, 0.25) is 0 Å². The van der Waals surface area contributed by atoms with Crippen LogP contribution < -0.4 is 62.6 Å². The number of aliphatic hydroxyl groups is 3. The van der Waals surface area contributed by atoms with Crippen molar-refractivity contribution in [3.05, 3.63) is 204 Å². The smallest absolute Gasteiger partial charge is 0.459 e. The number of carbonyl (C=O) groups excluding carboxylic acids is 3. The molecule has 6 heterocycles. The molecule has 0 saturated carbocycles. The van der Waals surface area contributed by atoms with E-state index in [-0.39, 0.29) is 77.9 Å². The topological polar surface area (TPSA) is 475 Å². The van der Waals surface area contributed by atoms with Crippen molar-refractivity contribution in [2.24, 2.45) is 5.41 Å². The highest BCUT2D eigenvalue weighted by molar-refractivity contribution is 9.11. The van der Waals surface area contributed by atoms with Crippen molar-refractivity contribution in [3.8, 4) is 17.2 Å². The fourth-order valence-corrected chi connectivity index (χ4v) is 15.7. The lowest BCUT2D eigenvalue weighted by Gasteiger charge is -2.25. The van der Waals surface area contributed by atoms with E-state index in [0.717, 1.165) is 13.7 Å². The van der Waals surface area contributed by atoms with Gasteiger partial charge in [-0.1, -0.05) is 123 Å². The third-order valence-corrected chi connectivity index (χ3v) is 21.5. The molecule has 3 aromatic carbocycles. The number of benzene rings is 3. The van der Waals surface area contributed by atoms with Crippen molar-refractivity contribution < 1.29 is 99.0 Å². The summed E-state index contributed by atoms with van der Waals surface area (Å²) in [6.45, 7) is 14.2. The zero-order valence-electron chi connectivity index (χ0n) is 62.0. The Balaban J connectivity index is 0.000000233. The van der Waals surface area contributed by atoms with Crippen LogP contribution in [0.25, 0.3) is 18.2 Å². The number of nitrogens with one attached hydrogen (secondary N) is 6. The molecule has 3 saturated heterocycles. The molecule has 0 amide bonds. The number of aliphatic hydroxyl groups excluding tert-OH is 3. The minimum absolute atomic E-state index is 0.00421. The summed E-state index contributed by atoms with van der Waals surface area (Å²) in [5, 5.41) is 39.4. The van der Waals surface area contributed by atoms with Crippen LogP contribution >= 0.6 is 71.0 Å². The lowest BCUT2D eigenvalue weighted by molar-refractivity contribution is -0.149. The normalized spacial score (nSPS) is 22.1. The first-order valence-electron chi connectivity index (χ1n) is 34.7. The van der Waals surface area contributed by atoms with E-state index in [1.807, 2.05) is 20.8 Å². The minimum atomic E-state index is -4.19. The number of nitrogens with zero attached hydrogens (tertiary/aromatic N) is 3. The SMILES string of the molecule is CC(C)OC(=O)[C@H](C)NP(=O)(OCC1OC(n2cc(/C=C/Br)c(=O)[nH]c2=O)CC1O)Oc1ccccc1.CCOC(=O)[C@H](C)NP(=O)(OCC1OC(n2cc(/C=C/Br)c(=O)[nH]c2=O)CC1O)Oc1ccccc1.C[C@H](NP(=O)(OCC1OC(n2cc(/C=C/Br)c(=O)[nH]c2=O)CC1O)Oc1ccccc1)C(=O)OCC(C)(C)C. The molecule has 0 spiro atoms. The van der Waals surface area contributed by atoms with Crippen molar-refractivity contribution in [1.82, 2.24) is 43.9 Å². The van der Waals surface area contributed by atoms with Crippen molar-refractivity contribution in [2.45, 2.75) is 161 Å². The van der Waals surface area contributed by atoms with Crippen LogP contribution in [0.3, 0.4) is 0 Å².